The van der Waals surface area contributed by atoms with E-state index in [9.17, 15) is 0 Å². The van der Waals surface area contributed by atoms with Crippen LogP contribution in [-0.2, 0) is 0 Å². The molecule has 0 aliphatic heterocycles. The van der Waals surface area contributed by atoms with Gasteiger partial charge in [-0.25, -0.2) is 4.39 Å². The molecule has 3 rings (SSSR count). The first-order chi connectivity index (χ1) is 13.9. The van der Waals surface area contributed by atoms with Crippen LogP contribution in [0.3, 0.4) is 0 Å². The quantitative estimate of drug-likeness (QED) is 0.399. The zero-order valence-corrected chi connectivity index (χ0v) is 16.3. The Morgan fingerprint density at radius 1 is 0.500 bits per heavy atom. The lowest BCUT2D eigenvalue weighted by molar-refractivity contribution is 0.622. The highest BCUT2D eigenvalue weighted by atomic mass is 19.1. The highest BCUT2D eigenvalue weighted by Gasteiger charge is 2.19. The fraction of sp³-hybridized carbons (Fsp3) is 0.0526. The van der Waals surface area contributed by atoms with Gasteiger partial charge in [0, 0.05) is 5.56 Å². The van der Waals surface area contributed by atoms with Crippen LogP contribution in [0.5, 0.6) is 0 Å². The fourth-order valence-corrected chi connectivity index (χ4v) is 3.40. The molecular weight excluding hydrogens is 355 g/mol. The molecule has 0 amide bonds. The fourth-order valence-electron chi connectivity index (χ4n) is 3.40. The maximum Gasteiger partial charge on any atom is 0.133 e. The van der Waals surface area contributed by atoms with Crippen molar-refractivity contribution in [1.82, 2.24) is 0 Å². The molecule has 0 fully saturated rings. The van der Waals surface area contributed by atoms with E-state index in [2.05, 4.69) is 0 Å². The van der Waals surface area contributed by atoms with Gasteiger partial charge in [-0.15, -0.1) is 32.8 Å². The second-order valence-electron chi connectivity index (χ2n) is 7.04. The second-order valence-corrected chi connectivity index (χ2v) is 7.04. The maximum atomic E-state index is 15.2. The predicted molar refractivity (Wildman–Crippen MR) is 136 cm³/mol. The Bertz CT molecular complexity index is 1160. The van der Waals surface area contributed by atoms with Crippen molar-refractivity contribution in [2.75, 3.05) is 0 Å². The zero-order valence-electron chi connectivity index (χ0n) is 16.3. The van der Waals surface area contributed by atoms with E-state index in [0.29, 0.717) is 11.1 Å². The summed E-state index contributed by atoms with van der Waals surface area (Å²) in [7, 11) is 60.0. The molecule has 20 radical (unpaired) electrons. The van der Waals surface area contributed by atoms with E-state index in [0.717, 1.165) is 0 Å². The van der Waals surface area contributed by atoms with E-state index >= 15 is 4.39 Å². The van der Waals surface area contributed by atoms with Crippen LogP contribution in [-0.4, -0.2) is 78.5 Å². The summed E-state index contributed by atoms with van der Waals surface area (Å²) in [5, 5.41) is 0. The van der Waals surface area contributed by atoms with Gasteiger partial charge in [-0.1, -0.05) is 21.9 Å². The third-order valence-electron chi connectivity index (χ3n) is 5.21. The lowest BCUT2D eigenvalue weighted by Gasteiger charge is -2.24. The molecule has 0 spiro atoms. The third-order valence-corrected chi connectivity index (χ3v) is 5.21. The topological polar surface area (TPSA) is 0 Å². The summed E-state index contributed by atoms with van der Waals surface area (Å²) in [5.74, 6) is -0.589. The minimum atomic E-state index is -0.589. The first-order valence-corrected chi connectivity index (χ1v) is 8.73. The molecule has 0 aliphatic rings. The standard InChI is InChI=1S/C19H5B10F/c1-4-2-5(7-9(20)13(24)17(28)14(25)10(7)21)3-6(19(4)30)8-11(22)15(26)18(29)16(27)12(8)23/h2-3H,1H3. The Hall–Kier alpha value is -1.76. The first-order valence-electron chi connectivity index (χ1n) is 8.73. The van der Waals surface area contributed by atoms with E-state index in [4.69, 9.17) is 78.5 Å². The van der Waals surface area contributed by atoms with Crippen molar-refractivity contribution < 1.29 is 4.39 Å². The van der Waals surface area contributed by atoms with Crippen molar-refractivity contribution in [3.63, 3.8) is 0 Å². The van der Waals surface area contributed by atoms with Crippen LogP contribution in [0.2, 0.25) is 0 Å². The van der Waals surface area contributed by atoms with Crippen LogP contribution in [0, 0.1) is 12.7 Å². The number of hydrogen-bond donors (Lipinski definition) is 0. The highest BCUT2D eigenvalue weighted by molar-refractivity contribution is 6.70. The molecule has 0 bridgehead atoms. The molecule has 0 heterocycles. The molecule has 0 saturated carbocycles. The van der Waals surface area contributed by atoms with Crippen LogP contribution < -0.4 is 54.6 Å². The summed E-state index contributed by atoms with van der Waals surface area (Å²) in [6.07, 6.45) is 0. The van der Waals surface area contributed by atoms with Gasteiger partial charge in [0.25, 0.3) is 0 Å². The monoisotopic (exact) mass is 362 g/mol. The lowest BCUT2D eigenvalue weighted by Crippen LogP contribution is -2.55. The summed E-state index contributed by atoms with van der Waals surface area (Å²) in [5.41, 5.74) is 1.54. The molecule has 0 saturated heterocycles. The van der Waals surface area contributed by atoms with Gasteiger partial charge in [0.2, 0.25) is 0 Å². The average Bonchev–Trinajstić information content (AvgIpc) is 2.71. The van der Waals surface area contributed by atoms with Crippen molar-refractivity contribution in [3.05, 3.63) is 23.5 Å². The molecule has 0 atom stereocenters. The van der Waals surface area contributed by atoms with Crippen molar-refractivity contribution in [1.29, 1.82) is 0 Å². The molecular formula is C19H5B10F. The van der Waals surface area contributed by atoms with Crippen molar-refractivity contribution in [2.45, 2.75) is 6.92 Å². The zero-order chi connectivity index (χ0) is 22.7. The van der Waals surface area contributed by atoms with Crippen LogP contribution in [0.25, 0.3) is 22.3 Å². The predicted octanol–water partition coefficient (Wildman–Crippen LogP) is -6.59. The lowest BCUT2D eigenvalue weighted by atomic mass is 9.59. The van der Waals surface area contributed by atoms with Crippen LogP contribution in [0.4, 0.5) is 4.39 Å². The smallest absolute Gasteiger partial charge is 0.133 e. The molecule has 0 aliphatic carbocycles. The number of hydrogen-bond acceptors (Lipinski definition) is 0. The van der Waals surface area contributed by atoms with Gasteiger partial charge >= 0.3 is 0 Å². The maximum absolute atomic E-state index is 15.2. The Labute approximate surface area is 190 Å². The second kappa shape index (κ2) is 8.06. The summed E-state index contributed by atoms with van der Waals surface area (Å²) in [4.78, 5) is 0. The van der Waals surface area contributed by atoms with Crippen molar-refractivity contribution in [3.8, 4) is 22.3 Å². The molecule has 0 unspecified atom stereocenters. The van der Waals surface area contributed by atoms with Crippen LogP contribution in [0.1, 0.15) is 5.56 Å². The first kappa shape index (κ1) is 22.9. The number of aryl methyl sites for hydroxylation is 1. The molecule has 3 aromatic carbocycles. The largest absolute Gasteiger partial charge is 0.206 e. The third kappa shape index (κ3) is 3.39. The summed E-state index contributed by atoms with van der Waals surface area (Å²) < 4.78 is 15.2. The van der Waals surface area contributed by atoms with E-state index in [-0.39, 0.29) is 71.3 Å². The minimum absolute atomic E-state index is 0.000780. The molecule has 30 heavy (non-hydrogen) atoms. The van der Waals surface area contributed by atoms with E-state index < -0.39 is 5.82 Å². The van der Waals surface area contributed by atoms with Gasteiger partial charge in [0.05, 0.1) is 0 Å². The molecule has 3 aromatic rings. The van der Waals surface area contributed by atoms with E-state index in [1.54, 1.807) is 6.92 Å². The van der Waals surface area contributed by atoms with Gasteiger partial charge in [-0.2, -0.15) is 0 Å². The molecule has 11 heteroatoms. The van der Waals surface area contributed by atoms with Crippen LogP contribution >= 0.6 is 0 Å². The average molecular weight is 360 g/mol. The summed E-state index contributed by atoms with van der Waals surface area (Å²) in [6, 6.07) is 2.99. The molecule has 0 nitrogen and oxygen atoms in total. The molecule has 0 aromatic heterocycles. The van der Waals surface area contributed by atoms with Gasteiger partial charge in [0.15, 0.2) is 0 Å². The summed E-state index contributed by atoms with van der Waals surface area (Å²) >= 11 is 0. The number of benzene rings is 3. The molecule has 0 N–H and O–H groups in total. The normalized spacial score (nSPS) is 11.0. The number of rotatable bonds is 2. The molecule has 118 valence electrons. The highest BCUT2D eigenvalue weighted by Crippen LogP contribution is 2.27. The Kier molecular flexibility index (Phi) is 6.16. The van der Waals surface area contributed by atoms with Gasteiger partial charge in [-0.3, -0.25) is 0 Å². The Balaban J connectivity index is 2.44. The van der Waals surface area contributed by atoms with Gasteiger partial charge in [0.1, 0.15) is 84.3 Å². The van der Waals surface area contributed by atoms with Crippen LogP contribution in [0.15, 0.2) is 12.1 Å². The van der Waals surface area contributed by atoms with Gasteiger partial charge < -0.3 is 0 Å². The van der Waals surface area contributed by atoms with E-state index in [1.165, 1.54) is 12.1 Å². The Morgan fingerprint density at radius 3 is 1.23 bits per heavy atom. The number of halogens is 1. The Morgan fingerprint density at radius 2 is 0.833 bits per heavy atom. The summed E-state index contributed by atoms with van der Waals surface area (Å²) in [6.45, 7) is 1.55. The minimum Gasteiger partial charge on any atom is -0.206 e. The van der Waals surface area contributed by atoms with Gasteiger partial charge in [-0.05, 0) is 41.3 Å². The SMILES string of the molecule is [B]c1c([B])c([B])c(-c2cc(C)c(F)c(-c3c([B])c([B])c([B])c([B])c3[B])c2)c([B])c1[B]. The van der Waals surface area contributed by atoms with Crippen molar-refractivity contribution in [2.24, 2.45) is 0 Å². The van der Waals surface area contributed by atoms with Crippen molar-refractivity contribution >= 4 is 133 Å². The van der Waals surface area contributed by atoms with E-state index in [1.807, 2.05) is 0 Å².